The highest BCUT2D eigenvalue weighted by Gasteiger charge is 2.26. The lowest BCUT2D eigenvalue weighted by atomic mass is 9.86. The second-order valence-electron chi connectivity index (χ2n) is 6.40. The van der Waals surface area contributed by atoms with Crippen molar-refractivity contribution in [3.05, 3.63) is 11.6 Å². The summed E-state index contributed by atoms with van der Waals surface area (Å²) in [5.41, 5.74) is 5.99. The van der Waals surface area contributed by atoms with Crippen LogP contribution >= 0.6 is 0 Å². The summed E-state index contributed by atoms with van der Waals surface area (Å²) in [5, 5.41) is 4.70. The maximum Gasteiger partial charge on any atom is 0.154 e. The molecule has 0 aliphatic heterocycles. The van der Waals surface area contributed by atoms with E-state index in [0.29, 0.717) is 17.9 Å². The molecule has 2 aliphatic rings. The van der Waals surface area contributed by atoms with Gasteiger partial charge in [0.1, 0.15) is 5.82 Å². The standard InChI is InChI=1S/C15H26N4/c1-19-15(12-7-9-13(16)10-8-12)17-14(18-19)11-5-3-2-4-6-11/h11-13H,2-10,16H2,1H3. The van der Waals surface area contributed by atoms with Crippen LogP contribution in [-0.4, -0.2) is 20.8 Å². The third kappa shape index (κ3) is 2.83. The molecule has 3 rings (SSSR count). The van der Waals surface area contributed by atoms with Gasteiger partial charge in [-0.1, -0.05) is 19.3 Å². The molecule has 1 heterocycles. The normalized spacial score (nSPS) is 29.6. The van der Waals surface area contributed by atoms with E-state index >= 15 is 0 Å². The number of hydrogen-bond donors (Lipinski definition) is 1. The van der Waals surface area contributed by atoms with Gasteiger partial charge in [-0.2, -0.15) is 5.10 Å². The monoisotopic (exact) mass is 262 g/mol. The van der Waals surface area contributed by atoms with E-state index in [1.165, 1.54) is 50.8 Å². The molecule has 2 N–H and O–H groups in total. The lowest BCUT2D eigenvalue weighted by molar-refractivity contribution is 0.376. The molecule has 1 aromatic heterocycles. The highest BCUT2D eigenvalue weighted by atomic mass is 15.3. The smallest absolute Gasteiger partial charge is 0.154 e. The molecule has 2 aliphatic carbocycles. The number of aryl methyl sites for hydroxylation is 1. The van der Waals surface area contributed by atoms with Crippen LogP contribution in [-0.2, 0) is 7.05 Å². The van der Waals surface area contributed by atoms with Crippen LogP contribution in [0.25, 0.3) is 0 Å². The lowest BCUT2D eigenvalue weighted by Crippen LogP contribution is -2.26. The van der Waals surface area contributed by atoms with Crippen molar-refractivity contribution >= 4 is 0 Å². The van der Waals surface area contributed by atoms with Crippen molar-refractivity contribution in [2.24, 2.45) is 12.8 Å². The van der Waals surface area contributed by atoms with E-state index in [0.717, 1.165) is 18.7 Å². The number of hydrogen-bond acceptors (Lipinski definition) is 3. The van der Waals surface area contributed by atoms with Crippen molar-refractivity contribution in [2.75, 3.05) is 0 Å². The predicted molar refractivity (Wildman–Crippen MR) is 76.0 cm³/mol. The molecule has 0 aromatic carbocycles. The zero-order chi connectivity index (χ0) is 13.2. The number of aromatic nitrogens is 3. The Bertz CT molecular complexity index is 412. The molecule has 0 unspecified atom stereocenters. The van der Waals surface area contributed by atoms with Crippen molar-refractivity contribution < 1.29 is 0 Å². The molecule has 0 bridgehead atoms. The molecular weight excluding hydrogens is 236 g/mol. The minimum Gasteiger partial charge on any atom is -0.328 e. The lowest BCUT2D eigenvalue weighted by Gasteiger charge is -2.25. The van der Waals surface area contributed by atoms with E-state index in [1.54, 1.807) is 0 Å². The summed E-state index contributed by atoms with van der Waals surface area (Å²) in [6.45, 7) is 0. The van der Waals surface area contributed by atoms with Crippen molar-refractivity contribution in [1.82, 2.24) is 14.8 Å². The Balaban J connectivity index is 1.73. The van der Waals surface area contributed by atoms with Gasteiger partial charge in [0.05, 0.1) is 0 Å². The molecule has 2 fully saturated rings. The van der Waals surface area contributed by atoms with Gasteiger partial charge in [0, 0.05) is 24.9 Å². The van der Waals surface area contributed by atoms with Crippen molar-refractivity contribution in [3.8, 4) is 0 Å². The van der Waals surface area contributed by atoms with Crippen LogP contribution in [0.3, 0.4) is 0 Å². The van der Waals surface area contributed by atoms with Gasteiger partial charge < -0.3 is 5.73 Å². The zero-order valence-corrected chi connectivity index (χ0v) is 12.0. The Labute approximate surface area is 115 Å². The summed E-state index contributed by atoms with van der Waals surface area (Å²) in [6.07, 6.45) is 11.3. The fourth-order valence-electron chi connectivity index (χ4n) is 3.68. The summed E-state index contributed by atoms with van der Waals surface area (Å²) in [4.78, 5) is 4.89. The van der Waals surface area contributed by atoms with Gasteiger partial charge in [-0.3, -0.25) is 4.68 Å². The molecule has 0 atom stereocenters. The average Bonchev–Trinajstić information content (AvgIpc) is 2.83. The van der Waals surface area contributed by atoms with Crippen LogP contribution in [0.15, 0.2) is 0 Å². The van der Waals surface area contributed by atoms with Crippen LogP contribution in [0, 0.1) is 0 Å². The number of rotatable bonds is 2. The quantitative estimate of drug-likeness (QED) is 0.891. The zero-order valence-electron chi connectivity index (χ0n) is 12.0. The van der Waals surface area contributed by atoms with Crippen LogP contribution in [0.4, 0.5) is 0 Å². The molecular formula is C15H26N4. The minimum absolute atomic E-state index is 0.405. The second kappa shape index (κ2) is 5.61. The van der Waals surface area contributed by atoms with Gasteiger partial charge in [-0.25, -0.2) is 4.98 Å². The third-order valence-electron chi connectivity index (χ3n) is 4.92. The summed E-state index contributed by atoms with van der Waals surface area (Å²) >= 11 is 0. The Hall–Kier alpha value is -0.900. The van der Waals surface area contributed by atoms with E-state index in [-0.39, 0.29) is 0 Å². The molecule has 4 heteroatoms. The highest BCUT2D eigenvalue weighted by Crippen LogP contribution is 2.34. The first kappa shape index (κ1) is 13.1. The average molecular weight is 262 g/mol. The van der Waals surface area contributed by atoms with Crippen LogP contribution < -0.4 is 5.73 Å². The van der Waals surface area contributed by atoms with E-state index in [2.05, 4.69) is 7.05 Å². The number of nitrogens with two attached hydrogens (primary N) is 1. The van der Waals surface area contributed by atoms with E-state index in [9.17, 15) is 0 Å². The minimum atomic E-state index is 0.405. The van der Waals surface area contributed by atoms with Gasteiger partial charge in [0.2, 0.25) is 0 Å². The van der Waals surface area contributed by atoms with Gasteiger partial charge in [0.15, 0.2) is 5.82 Å². The van der Waals surface area contributed by atoms with Crippen molar-refractivity contribution in [3.63, 3.8) is 0 Å². The van der Waals surface area contributed by atoms with E-state index in [4.69, 9.17) is 15.8 Å². The predicted octanol–water partition coefficient (Wildman–Crippen LogP) is 2.85. The Morgan fingerprint density at radius 2 is 1.63 bits per heavy atom. The topological polar surface area (TPSA) is 56.7 Å². The summed E-state index contributed by atoms with van der Waals surface area (Å²) in [7, 11) is 2.06. The maximum absolute atomic E-state index is 5.99. The maximum atomic E-state index is 5.99. The van der Waals surface area contributed by atoms with E-state index in [1.807, 2.05) is 4.68 Å². The van der Waals surface area contributed by atoms with Crippen molar-refractivity contribution in [2.45, 2.75) is 75.7 Å². The summed E-state index contributed by atoms with van der Waals surface area (Å²) in [5.74, 6) is 3.49. The largest absolute Gasteiger partial charge is 0.328 e. The van der Waals surface area contributed by atoms with Gasteiger partial charge in [0.25, 0.3) is 0 Å². The highest BCUT2D eigenvalue weighted by molar-refractivity contribution is 5.06. The number of nitrogens with zero attached hydrogens (tertiary/aromatic N) is 3. The van der Waals surface area contributed by atoms with E-state index < -0.39 is 0 Å². The second-order valence-corrected chi connectivity index (χ2v) is 6.40. The first-order chi connectivity index (χ1) is 9.24. The molecule has 0 amide bonds. The molecule has 106 valence electrons. The van der Waals surface area contributed by atoms with Crippen LogP contribution in [0.5, 0.6) is 0 Å². The molecule has 19 heavy (non-hydrogen) atoms. The van der Waals surface area contributed by atoms with Crippen LogP contribution in [0.2, 0.25) is 0 Å². The molecule has 4 nitrogen and oxygen atoms in total. The fourth-order valence-corrected chi connectivity index (χ4v) is 3.68. The van der Waals surface area contributed by atoms with Gasteiger partial charge in [-0.15, -0.1) is 0 Å². The fraction of sp³-hybridized carbons (Fsp3) is 0.867. The Morgan fingerprint density at radius 3 is 2.32 bits per heavy atom. The Kier molecular flexibility index (Phi) is 3.87. The third-order valence-corrected chi connectivity index (χ3v) is 4.92. The Morgan fingerprint density at radius 1 is 0.947 bits per heavy atom. The molecule has 2 saturated carbocycles. The molecule has 1 aromatic rings. The first-order valence-corrected chi connectivity index (χ1v) is 7.90. The molecule has 0 radical (unpaired) electrons. The first-order valence-electron chi connectivity index (χ1n) is 7.90. The molecule has 0 spiro atoms. The molecule has 0 saturated heterocycles. The van der Waals surface area contributed by atoms with Gasteiger partial charge >= 0.3 is 0 Å². The van der Waals surface area contributed by atoms with Crippen LogP contribution in [0.1, 0.15) is 81.3 Å². The SMILES string of the molecule is Cn1nc(C2CCCCC2)nc1C1CCC(N)CC1. The summed E-state index contributed by atoms with van der Waals surface area (Å²) in [6, 6.07) is 0.405. The summed E-state index contributed by atoms with van der Waals surface area (Å²) < 4.78 is 2.03. The van der Waals surface area contributed by atoms with Crippen molar-refractivity contribution in [1.29, 1.82) is 0 Å². The van der Waals surface area contributed by atoms with Gasteiger partial charge in [-0.05, 0) is 38.5 Å².